The molecule has 1 saturated heterocycles. The second-order valence-electron chi connectivity index (χ2n) is 6.35. The average Bonchev–Trinajstić information content (AvgIpc) is 2.96. The Morgan fingerprint density at radius 3 is 2.63 bits per heavy atom. The van der Waals surface area contributed by atoms with E-state index in [1.165, 1.54) is 17.0 Å². The van der Waals surface area contributed by atoms with Crippen molar-refractivity contribution in [2.75, 3.05) is 16.8 Å². The smallest absolute Gasteiger partial charge is 0.325 e. The number of aryl methyl sites for hydroxylation is 1. The molecule has 0 spiro atoms. The zero-order chi connectivity index (χ0) is 19.8. The van der Waals surface area contributed by atoms with Gasteiger partial charge in [0.1, 0.15) is 5.92 Å². The van der Waals surface area contributed by atoms with Crippen LogP contribution in [0.5, 0.6) is 0 Å². The van der Waals surface area contributed by atoms with Crippen molar-refractivity contribution in [1.82, 2.24) is 0 Å². The van der Waals surface area contributed by atoms with Gasteiger partial charge in [0.2, 0.25) is 11.8 Å². The fourth-order valence-electron chi connectivity index (χ4n) is 3.00. The van der Waals surface area contributed by atoms with E-state index in [2.05, 4.69) is 5.32 Å². The van der Waals surface area contributed by atoms with Crippen molar-refractivity contribution < 1.29 is 22.8 Å². The lowest BCUT2D eigenvalue weighted by molar-refractivity contribution is -0.137. The Kier molecular flexibility index (Phi) is 5.15. The van der Waals surface area contributed by atoms with Gasteiger partial charge in [-0.3, -0.25) is 9.59 Å². The minimum atomic E-state index is -4.51. The molecule has 0 bridgehead atoms. The summed E-state index contributed by atoms with van der Waals surface area (Å²) >= 11 is 6.19. The van der Waals surface area contributed by atoms with E-state index in [0.29, 0.717) is 17.3 Å². The highest BCUT2D eigenvalue weighted by Crippen LogP contribution is 2.33. The first-order chi connectivity index (χ1) is 12.7. The summed E-state index contributed by atoms with van der Waals surface area (Å²) in [7, 11) is 0. The number of nitrogens with one attached hydrogen (secondary N) is 1. The van der Waals surface area contributed by atoms with Crippen LogP contribution in [-0.2, 0) is 15.8 Å². The molecule has 1 aliphatic rings. The molecular formula is C19H16ClF3N2O2. The largest absolute Gasteiger partial charge is 0.416 e. The van der Waals surface area contributed by atoms with Crippen molar-refractivity contribution in [2.24, 2.45) is 5.92 Å². The first kappa shape index (κ1) is 19.2. The second-order valence-corrected chi connectivity index (χ2v) is 6.76. The van der Waals surface area contributed by atoms with Crippen molar-refractivity contribution in [3.8, 4) is 0 Å². The van der Waals surface area contributed by atoms with E-state index in [4.69, 9.17) is 11.6 Å². The number of alkyl halides is 3. The molecule has 2 amide bonds. The summed E-state index contributed by atoms with van der Waals surface area (Å²) in [4.78, 5) is 26.5. The molecule has 4 nitrogen and oxygen atoms in total. The van der Waals surface area contributed by atoms with Gasteiger partial charge in [-0.05, 0) is 49.2 Å². The van der Waals surface area contributed by atoms with Crippen LogP contribution in [0.15, 0.2) is 42.5 Å². The zero-order valence-electron chi connectivity index (χ0n) is 14.3. The monoisotopic (exact) mass is 396 g/mol. The number of benzene rings is 2. The van der Waals surface area contributed by atoms with E-state index >= 15 is 0 Å². The van der Waals surface area contributed by atoms with E-state index in [-0.39, 0.29) is 12.1 Å². The van der Waals surface area contributed by atoms with E-state index in [9.17, 15) is 22.8 Å². The third kappa shape index (κ3) is 4.08. The highest BCUT2D eigenvalue weighted by atomic mass is 35.5. The highest BCUT2D eigenvalue weighted by molar-refractivity contribution is 6.34. The normalized spacial score (nSPS) is 17.3. The van der Waals surface area contributed by atoms with E-state index in [1.54, 1.807) is 12.1 Å². The van der Waals surface area contributed by atoms with Gasteiger partial charge in [0.15, 0.2) is 0 Å². The van der Waals surface area contributed by atoms with Crippen molar-refractivity contribution in [3.05, 3.63) is 58.6 Å². The molecule has 2 aromatic rings. The number of hydrogen-bond acceptors (Lipinski definition) is 2. The Balaban J connectivity index is 1.74. The molecule has 27 heavy (non-hydrogen) atoms. The van der Waals surface area contributed by atoms with Crippen molar-refractivity contribution in [3.63, 3.8) is 0 Å². The molecule has 142 valence electrons. The van der Waals surface area contributed by atoms with E-state index < -0.39 is 29.5 Å². The summed E-state index contributed by atoms with van der Waals surface area (Å²) in [5, 5.41) is 2.81. The summed E-state index contributed by atoms with van der Waals surface area (Å²) in [6, 6.07) is 9.55. The summed E-state index contributed by atoms with van der Waals surface area (Å²) in [5.74, 6) is -2.03. The summed E-state index contributed by atoms with van der Waals surface area (Å²) in [6.07, 6.45) is -4.25. The van der Waals surface area contributed by atoms with Crippen molar-refractivity contribution in [2.45, 2.75) is 19.5 Å². The molecule has 1 heterocycles. The lowest BCUT2D eigenvalue weighted by Gasteiger charge is -2.18. The molecule has 2 aromatic carbocycles. The van der Waals surface area contributed by atoms with Crippen LogP contribution in [0.4, 0.5) is 24.5 Å². The van der Waals surface area contributed by atoms with E-state index in [0.717, 1.165) is 17.7 Å². The zero-order valence-corrected chi connectivity index (χ0v) is 15.1. The maximum atomic E-state index is 12.8. The topological polar surface area (TPSA) is 49.4 Å². The van der Waals surface area contributed by atoms with Crippen LogP contribution in [0.2, 0.25) is 5.02 Å². The Morgan fingerprint density at radius 1 is 1.22 bits per heavy atom. The number of nitrogens with zero attached hydrogens (tertiary/aromatic N) is 1. The van der Waals surface area contributed by atoms with Gasteiger partial charge >= 0.3 is 6.18 Å². The molecule has 0 aromatic heterocycles. The van der Waals surface area contributed by atoms with Crippen LogP contribution in [0.3, 0.4) is 0 Å². The number of carbonyl (C=O) groups excluding carboxylic acids is 2. The van der Waals surface area contributed by atoms with Crippen LogP contribution in [0, 0.1) is 12.8 Å². The first-order valence-corrected chi connectivity index (χ1v) is 8.60. The fourth-order valence-corrected chi connectivity index (χ4v) is 3.33. The number of hydrogen-bond donors (Lipinski definition) is 1. The summed E-state index contributed by atoms with van der Waals surface area (Å²) in [6.45, 7) is 2.18. The molecular weight excluding hydrogens is 381 g/mol. The minimum Gasteiger partial charge on any atom is -0.325 e. The SMILES string of the molecule is Cc1ccc(N2CCC(C(=O)Nc3cccc(C(F)(F)F)c3)C2=O)c(Cl)c1. The molecule has 0 saturated carbocycles. The van der Waals surface area contributed by atoms with Gasteiger partial charge in [-0.2, -0.15) is 13.2 Å². The van der Waals surface area contributed by atoms with E-state index in [1.807, 2.05) is 13.0 Å². The number of carbonyl (C=O) groups is 2. The van der Waals surface area contributed by atoms with Crippen molar-refractivity contribution >= 4 is 34.8 Å². The summed E-state index contributed by atoms with van der Waals surface area (Å²) < 4.78 is 38.4. The number of anilines is 2. The fraction of sp³-hybridized carbons (Fsp3) is 0.263. The predicted octanol–water partition coefficient (Wildman–Crippen LogP) is 4.66. The van der Waals surface area contributed by atoms with Crippen molar-refractivity contribution in [1.29, 1.82) is 0 Å². The standard InChI is InChI=1S/C19H16ClF3N2O2/c1-11-5-6-16(15(20)9-11)25-8-7-14(18(25)27)17(26)24-13-4-2-3-12(10-13)19(21,22)23/h2-6,9-10,14H,7-8H2,1H3,(H,24,26). The van der Waals surface area contributed by atoms with Gasteiger partial charge in [0.05, 0.1) is 16.3 Å². The van der Waals surface area contributed by atoms with Gasteiger partial charge in [-0.25, -0.2) is 0 Å². The van der Waals surface area contributed by atoms with Crippen LogP contribution >= 0.6 is 11.6 Å². The Bertz CT molecular complexity index is 899. The lowest BCUT2D eigenvalue weighted by Crippen LogP contribution is -2.33. The molecule has 1 aliphatic heterocycles. The Hall–Kier alpha value is -2.54. The van der Waals surface area contributed by atoms with Gasteiger partial charge in [0.25, 0.3) is 0 Å². The molecule has 1 atom stereocenters. The number of halogens is 4. The molecule has 3 rings (SSSR count). The number of rotatable bonds is 3. The minimum absolute atomic E-state index is 0.00515. The molecule has 1 N–H and O–H groups in total. The average molecular weight is 397 g/mol. The van der Waals surface area contributed by atoms with Crippen LogP contribution in [-0.4, -0.2) is 18.4 Å². The summed E-state index contributed by atoms with van der Waals surface area (Å²) in [5.41, 5.74) is 0.580. The predicted molar refractivity (Wildman–Crippen MR) is 96.7 cm³/mol. The molecule has 0 aliphatic carbocycles. The van der Waals surface area contributed by atoms with Gasteiger partial charge in [0, 0.05) is 12.2 Å². The maximum absolute atomic E-state index is 12.8. The Morgan fingerprint density at radius 2 is 1.96 bits per heavy atom. The second kappa shape index (κ2) is 7.23. The number of amides is 2. The van der Waals surface area contributed by atoms with Gasteiger partial charge < -0.3 is 10.2 Å². The third-order valence-electron chi connectivity index (χ3n) is 4.37. The lowest BCUT2D eigenvalue weighted by atomic mass is 10.1. The van der Waals surface area contributed by atoms with Crippen LogP contribution < -0.4 is 10.2 Å². The molecule has 1 unspecified atom stereocenters. The maximum Gasteiger partial charge on any atom is 0.416 e. The third-order valence-corrected chi connectivity index (χ3v) is 4.68. The first-order valence-electron chi connectivity index (χ1n) is 8.22. The van der Waals surface area contributed by atoms with Gasteiger partial charge in [-0.15, -0.1) is 0 Å². The molecule has 0 radical (unpaired) electrons. The molecule has 1 fully saturated rings. The van der Waals surface area contributed by atoms with Crippen LogP contribution in [0.1, 0.15) is 17.5 Å². The molecule has 8 heteroatoms. The highest BCUT2D eigenvalue weighted by Gasteiger charge is 2.38. The Labute approximate surface area is 158 Å². The van der Waals surface area contributed by atoms with Crippen LogP contribution in [0.25, 0.3) is 0 Å². The van der Waals surface area contributed by atoms with Gasteiger partial charge in [-0.1, -0.05) is 23.7 Å². The quantitative estimate of drug-likeness (QED) is 0.767.